The summed E-state index contributed by atoms with van der Waals surface area (Å²) in [6.45, 7) is 0. The maximum Gasteiger partial charge on any atom is 0.153 e. The van der Waals surface area contributed by atoms with E-state index in [9.17, 15) is 9.90 Å². The highest BCUT2D eigenvalue weighted by Crippen LogP contribution is 2.28. The second-order valence-electron chi connectivity index (χ2n) is 4.42. The lowest BCUT2D eigenvalue weighted by Crippen LogP contribution is -1.80. The smallest absolute Gasteiger partial charge is 0.153 e. The minimum Gasteiger partial charge on any atom is -0.507 e. The molecule has 0 bridgehead atoms. The summed E-state index contributed by atoms with van der Waals surface area (Å²) in [5, 5.41) is 18.6. The van der Waals surface area contributed by atoms with Crippen LogP contribution < -0.4 is 0 Å². The number of rotatable bonds is 2. The summed E-state index contributed by atoms with van der Waals surface area (Å²) < 4.78 is 1.61. The number of phenols is 2. The maximum absolute atomic E-state index is 10.2. The highest BCUT2D eigenvalue weighted by Gasteiger charge is 2.05. The Morgan fingerprint density at radius 1 is 1.00 bits per heavy atom. The molecule has 0 saturated heterocycles. The van der Waals surface area contributed by atoms with E-state index in [0.717, 1.165) is 8.95 Å². The van der Waals surface area contributed by atoms with Crippen LogP contribution in [0.5, 0.6) is 11.5 Å². The standard InChI is InChI=1S/C9H7BrN2O.C7H5BrO2/c10-6-1-2-7(8(13)5-6)9-11-3-4-12-9;8-6-2-1-5(4-9)7(10)3-6/h1-5,13H,(H,11,12);1-4,10H. The number of aromatic hydroxyl groups is 2. The predicted molar refractivity (Wildman–Crippen MR) is 94.6 cm³/mol. The first-order chi connectivity index (χ1) is 11.0. The molecule has 3 N–H and O–H groups in total. The minimum atomic E-state index is 0.00405. The summed E-state index contributed by atoms with van der Waals surface area (Å²) in [5.41, 5.74) is 1.01. The summed E-state index contributed by atoms with van der Waals surface area (Å²) in [7, 11) is 0. The number of aldehydes is 1. The Morgan fingerprint density at radius 2 is 1.65 bits per heavy atom. The Bertz CT molecular complexity index is 805. The fourth-order valence-electron chi connectivity index (χ4n) is 1.73. The number of imidazole rings is 1. The Balaban J connectivity index is 0.000000174. The average molecular weight is 440 g/mol. The van der Waals surface area contributed by atoms with Crippen molar-refractivity contribution in [2.75, 3.05) is 0 Å². The summed E-state index contributed by atoms with van der Waals surface area (Å²) >= 11 is 6.42. The monoisotopic (exact) mass is 438 g/mol. The van der Waals surface area contributed by atoms with Crippen molar-refractivity contribution in [1.29, 1.82) is 0 Å². The Kier molecular flexibility index (Phi) is 5.95. The molecule has 0 aliphatic heterocycles. The van der Waals surface area contributed by atoms with E-state index in [2.05, 4.69) is 41.8 Å². The Hall–Kier alpha value is -2.12. The Morgan fingerprint density at radius 3 is 2.17 bits per heavy atom. The van der Waals surface area contributed by atoms with Crippen LogP contribution >= 0.6 is 31.9 Å². The van der Waals surface area contributed by atoms with E-state index in [1.165, 1.54) is 6.07 Å². The highest BCUT2D eigenvalue weighted by atomic mass is 79.9. The number of hydrogen-bond acceptors (Lipinski definition) is 4. The molecule has 1 aromatic heterocycles. The van der Waals surface area contributed by atoms with Gasteiger partial charge in [0.05, 0.1) is 11.1 Å². The number of hydrogen-bond donors (Lipinski definition) is 3. The van der Waals surface area contributed by atoms with Gasteiger partial charge in [0.25, 0.3) is 0 Å². The summed E-state index contributed by atoms with van der Waals surface area (Å²) in [6, 6.07) is 10.0. The zero-order valence-corrected chi connectivity index (χ0v) is 14.9. The van der Waals surface area contributed by atoms with Gasteiger partial charge in [-0.25, -0.2) is 4.98 Å². The fraction of sp³-hybridized carbons (Fsp3) is 0. The van der Waals surface area contributed by atoms with Gasteiger partial charge < -0.3 is 15.2 Å². The van der Waals surface area contributed by atoms with Crippen molar-refractivity contribution >= 4 is 38.1 Å². The largest absolute Gasteiger partial charge is 0.507 e. The third-order valence-corrected chi connectivity index (χ3v) is 3.82. The molecule has 3 aromatic rings. The molecule has 5 nitrogen and oxygen atoms in total. The molecule has 0 spiro atoms. The number of H-pyrrole nitrogens is 1. The number of carbonyl (C=O) groups excluding carboxylic acids is 1. The average Bonchev–Trinajstić information content (AvgIpc) is 3.02. The number of phenolic OH excluding ortho intramolecular Hbond substituents is 2. The quantitative estimate of drug-likeness (QED) is 0.512. The molecule has 0 unspecified atom stereocenters. The first-order valence-electron chi connectivity index (χ1n) is 6.43. The number of nitrogens with one attached hydrogen (secondary N) is 1. The predicted octanol–water partition coefficient (Wildman–Crippen LogP) is 4.51. The SMILES string of the molecule is O=Cc1ccc(Br)cc1O.Oc1cc(Br)ccc1-c1ncc[nH]1. The molecule has 0 atom stereocenters. The van der Waals surface area contributed by atoms with Gasteiger partial charge in [0.1, 0.15) is 17.3 Å². The first-order valence-corrected chi connectivity index (χ1v) is 8.02. The molecular formula is C16H12Br2N2O3. The van der Waals surface area contributed by atoms with Crippen molar-refractivity contribution in [3.8, 4) is 22.9 Å². The lowest BCUT2D eigenvalue weighted by molar-refractivity contribution is 0.112. The van der Waals surface area contributed by atoms with Gasteiger partial charge in [-0.15, -0.1) is 0 Å². The van der Waals surface area contributed by atoms with E-state index in [-0.39, 0.29) is 11.5 Å². The molecular weight excluding hydrogens is 428 g/mol. The van der Waals surface area contributed by atoms with Crippen LogP contribution in [0, 0.1) is 0 Å². The van der Waals surface area contributed by atoms with Gasteiger partial charge in [-0.2, -0.15) is 0 Å². The molecule has 0 fully saturated rings. The molecule has 0 saturated carbocycles. The summed E-state index contributed by atoms with van der Waals surface area (Å²) in [5.74, 6) is 0.888. The molecule has 0 aliphatic carbocycles. The van der Waals surface area contributed by atoms with Crippen LogP contribution in [0.15, 0.2) is 57.7 Å². The van der Waals surface area contributed by atoms with Gasteiger partial charge in [-0.05, 0) is 36.4 Å². The van der Waals surface area contributed by atoms with Crippen molar-refractivity contribution < 1.29 is 15.0 Å². The molecule has 23 heavy (non-hydrogen) atoms. The van der Waals surface area contributed by atoms with Gasteiger partial charge in [0.2, 0.25) is 0 Å². The number of carbonyl (C=O) groups is 1. The van der Waals surface area contributed by atoms with Crippen LogP contribution in [0.25, 0.3) is 11.4 Å². The third kappa shape index (κ3) is 4.67. The summed E-state index contributed by atoms with van der Waals surface area (Å²) in [6.07, 6.45) is 3.98. The van der Waals surface area contributed by atoms with Crippen molar-refractivity contribution in [3.63, 3.8) is 0 Å². The Labute approximate surface area is 149 Å². The van der Waals surface area contributed by atoms with E-state index in [1.807, 2.05) is 6.07 Å². The first kappa shape index (κ1) is 17.2. The van der Waals surface area contributed by atoms with E-state index in [1.54, 1.807) is 36.7 Å². The lowest BCUT2D eigenvalue weighted by Gasteiger charge is -2.00. The summed E-state index contributed by atoms with van der Waals surface area (Å²) in [4.78, 5) is 17.1. The number of aromatic amines is 1. The van der Waals surface area contributed by atoms with Crippen LogP contribution in [0.4, 0.5) is 0 Å². The number of halogens is 2. The van der Waals surface area contributed by atoms with Crippen molar-refractivity contribution in [1.82, 2.24) is 9.97 Å². The fourth-order valence-corrected chi connectivity index (χ4v) is 2.43. The van der Waals surface area contributed by atoms with Crippen molar-refractivity contribution in [2.24, 2.45) is 0 Å². The zero-order chi connectivity index (χ0) is 16.8. The topological polar surface area (TPSA) is 86.2 Å². The molecule has 118 valence electrons. The lowest BCUT2D eigenvalue weighted by atomic mass is 10.2. The van der Waals surface area contributed by atoms with Gasteiger partial charge in [-0.3, -0.25) is 4.79 Å². The molecule has 7 heteroatoms. The molecule has 0 aliphatic rings. The van der Waals surface area contributed by atoms with E-state index in [4.69, 9.17) is 5.11 Å². The van der Waals surface area contributed by atoms with Gasteiger partial charge in [0.15, 0.2) is 6.29 Å². The van der Waals surface area contributed by atoms with Gasteiger partial charge in [-0.1, -0.05) is 31.9 Å². The molecule has 3 rings (SSSR count). The van der Waals surface area contributed by atoms with Crippen LogP contribution in [0.3, 0.4) is 0 Å². The van der Waals surface area contributed by atoms with E-state index < -0.39 is 0 Å². The molecule has 2 aromatic carbocycles. The van der Waals surface area contributed by atoms with Crippen molar-refractivity contribution in [3.05, 3.63) is 63.3 Å². The van der Waals surface area contributed by atoms with Crippen LogP contribution in [0.1, 0.15) is 10.4 Å². The van der Waals surface area contributed by atoms with Crippen LogP contribution in [-0.4, -0.2) is 26.5 Å². The zero-order valence-electron chi connectivity index (χ0n) is 11.7. The minimum absolute atomic E-state index is 0.00405. The van der Waals surface area contributed by atoms with Gasteiger partial charge in [0, 0.05) is 21.3 Å². The highest BCUT2D eigenvalue weighted by molar-refractivity contribution is 9.10. The van der Waals surface area contributed by atoms with Gasteiger partial charge >= 0.3 is 0 Å². The molecule has 0 amide bonds. The molecule has 0 radical (unpaired) electrons. The normalized spacial score (nSPS) is 9.83. The second kappa shape index (κ2) is 7.94. The molecule has 1 heterocycles. The maximum atomic E-state index is 10.2. The third-order valence-electron chi connectivity index (χ3n) is 2.83. The van der Waals surface area contributed by atoms with Crippen LogP contribution in [0.2, 0.25) is 0 Å². The number of aromatic nitrogens is 2. The van der Waals surface area contributed by atoms with Crippen molar-refractivity contribution in [2.45, 2.75) is 0 Å². The number of benzene rings is 2. The number of nitrogens with zero attached hydrogens (tertiary/aromatic N) is 1. The second-order valence-corrected chi connectivity index (χ2v) is 6.25. The van der Waals surface area contributed by atoms with Crippen LogP contribution in [-0.2, 0) is 0 Å². The van der Waals surface area contributed by atoms with E-state index >= 15 is 0 Å². The van der Waals surface area contributed by atoms with E-state index in [0.29, 0.717) is 23.2 Å².